The maximum absolute atomic E-state index is 13.4. The lowest BCUT2D eigenvalue weighted by atomic mass is 10.1. The molecule has 0 aromatic heterocycles. The van der Waals surface area contributed by atoms with Crippen LogP contribution >= 0.6 is 11.8 Å². The van der Waals surface area contributed by atoms with Crippen molar-refractivity contribution in [2.24, 2.45) is 0 Å². The number of nitrogens with one attached hydrogen (secondary N) is 1. The lowest BCUT2D eigenvalue weighted by Gasteiger charge is -2.23. The van der Waals surface area contributed by atoms with E-state index in [4.69, 9.17) is 0 Å². The number of hydrogen-bond acceptors (Lipinski definition) is 2. The van der Waals surface area contributed by atoms with Crippen molar-refractivity contribution in [1.82, 2.24) is 5.32 Å². The van der Waals surface area contributed by atoms with E-state index in [0.29, 0.717) is 0 Å². The van der Waals surface area contributed by atoms with Gasteiger partial charge >= 0.3 is 0 Å². The Bertz CT molecular complexity index is 351. The Hall–Kier alpha value is -0.540. The average molecular weight is 255 g/mol. The fourth-order valence-corrected chi connectivity index (χ4v) is 2.67. The molecular formula is C14H22FNS. The zero-order valence-corrected chi connectivity index (χ0v) is 12.1. The summed E-state index contributed by atoms with van der Waals surface area (Å²) in [7, 11) is 1.92. The second-order valence-corrected chi connectivity index (χ2v) is 7.17. The molecule has 0 amide bonds. The molecule has 0 aliphatic heterocycles. The van der Waals surface area contributed by atoms with E-state index in [1.165, 1.54) is 0 Å². The summed E-state index contributed by atoms with van der Waals surface area (Å²) < 4.78 is 13.6. The van der Waals surface area contributed by atoms with Crippen molar-refractivity contribution < 1.29 is 4.39 Å². The van der Waals surface area contributed by atoms with E-state index in [2.05, 4.69) is 26.1 Å². The molecule has 0 heterocycles. The van der Waals surface area contributed by atoms with Gasteiger partial charge in [-0.1, -0.05) is 26.8 Å². The van der Waals surface area contributed by atoms with Gasteiger partial charge in [-0.2, -0.15) is 11.8 Å². The number of halogens is 1. The van der Waals surface area contributed by atoms with Gasteiger partial charge < -0.3 is 5.32 Å². The van der Waals surface area contributed by atoms with Crippen molar-refractivity contribution in [3.05, 3.63) is 35.1 Å². The summed E-state index contributed by atoms with van der Waals surface area (Å²) in [6.45, 7) is 8.51. The quantitative estimate of drug-likeness (QED) is 0.875. The summed E-state index contributed by atoms with van der Waals surface area (Å²) in [6.07, 6.45) is 0. The molecule has 0 fully saturated rings. The number of aryl methyl sites for hydroxylation is 1. The molecule has 0 aliphatic carbocycles. The molecule has 1 aromatic carbocycles. The third kappa shape index (κ3) is 5.09. The molecule has 17 heavy (non-hydrogen) atoms. The molecule has 0 saturated heterocycles. The van der Waals surface area contributed by atoms with E-state index >= 15 is 0 Å². The van der Waals surface area contributed by atoms with E-state index in [9.17, 15) is 4.39 Å². The molecule has 3 heteroatoms. The molecule has 0 saturated carbocycles. The molecule has 1 nitrogen and oxygen atoms in total. The summed E-state index contributed by atoms with van der Waals surface area (Å²) >= 11 is 1.89. The molecular weight excluding hydrogens is 233 g/mol. The third-order valence-corrected chi connectivity index (χ3v) is 3.86. The predicted octanol–water partition coefficient (Wildman–Crippen LogP) is 3.93. The van der Waals surface area contributed by atoms with E-state index in [1.54, 1.807) is 12.1 Å². The minimum atomic E-state index is -0.152. The summed E-state index contributed by atoms with van der Waals surface area (Å²) in [6, 6.07) is 5.44. The van der Waals surface area contributed by atoms with Crippen molar-refractivity contribution in [2.75, 3.05) is 12.8 Å². The van der Waals surface area contributed by atoms with Crippen LogP contribution in [0.2, 0.25) is 0 Å². The van der Waals surface area contributed by atoms with Crippen LogP contribution in [0.3, 0.4) is 0 Å². The van der Waals surface area contributed by atoms with E-state index < -0.39 is 0 Å². The largest absolute Gasteiger partial charge is 0.312 e. The first-order valence-electron chi connectivity index (χ1n) is 5.90. The van der Waals surface area contributed by atoms with Gasteiger partial charge in [0, 0.05) is 16.5 Å². The van der Waals surface area contributed by atoms with Crippen LogP contribution in [0.1, 0.15) is 37.9 Å². The highest BCUT2D eigenvalue weighted by Crippen LogP contribution is 2.28. The summed E-state index contributed by atoms with van der Waals surface area (Å²) in [4.78, 5) is 0. The van der Waals surface area contributed by atoms with Gasteiger partial charge in [0.1, 0.15) is 5.82 Å². The minimum absolute atomic E-state index is 0.152. The molecule has 0 aliphatic rings. The zero-order valence-electron chi connectivity index (χ0n) is 11.3. The first-order valence-corrected chi connectivity index (χ1v) is 6.89. The lowest BCUT2D eigenvalue weighted by Crippen LogP contribution is -2.22. The van der Waals surface area contributed by atoms with Gasteiger partial charge in [-0.3, -0.25) is 0 Å². The van der Waals surface area contributed by atoms with Crippen LogP contribution in [0.5, 0.6) is 0 Å². The Morgan fingerprint density at radius 1 is 1.29 bits per heavy atom. The molecule has 0 spiro atoms. The molecule has 0 bridgehead atoms. The summed E-state index contributed by atoms with van der Waals surface area (Å²) in [5.74, 6) is 0.795. The Balaban J connectivity index is 2.79. The Kier molecular flexibility index (Phi) is 5.02. The van der Waals surface area contributed by atoms with Crippen LogP contribution in [0, 0.1) is 12.7 Å². The van der Waals surface area contributed by atoms with Crippen LogP contribution in [0.4, 0.5) is 4.39 Å². The molecule has 1 unspecified atom stereocenters. The lowest BCUT2D eigenvalue weighted by molar-refractivity contribution is 0.609. The van der Waals surface area contributed by atoms with Gasteiger partial charge in [0.25, 0.3) is 0 Å². The average Bonchev–Trinajstić information content (AvgIpc) is 2.15. The maximum atomic E-state index is 13.4. The van der Waals surface area contributed by atoms with Crippen molar-refractivity contribution in [3.8, 4) is 0 Å². The van der Waals surface area contributed by atoms with Crippen molar-refractivity contribution in [1.29, 1.82) is 0 Å². The van der Waals surface area contributed by atoms with Gasteiger partial charge in [0.2, 0.25) is 0 Å². The smallest absolute Gasteiger partial charge is 0.123 e. The van der Waals surface area contributed by atoms with Crippen LogP contribution in [0.15, 0.2) is 18.2 Å². The van der Waals surface area contributed by atoms with E-state index in [-0.39, 0.29) is 16.6 Å². The molecule has 1 atom stereocenters. The standard InChI is InChI=1S/C14H22FNS/c1-10-6-11(8-12(15)7-10)13(16-5)9-17-14(2,3)4/h6-8,13,16H,9H2,1-5H3. The van der Waals surface area contributed by atoms with E-state index in [0.717, 1.165) is 16.9 Å². The van der Waals surface area contributed by atoms with Gasteiger partial charge in [-0.05, 0) is 37.2 Å². The van der Waals surface area contributed by atoms with Crippen LogP contribution in [-0.2, 0) is 0 Å². The van der Waals surface area contributed by atoms with Gasteiger partial charge in [0.05, 0.1) is 0 Å². The van der Waals surface area contributed by atoms with Crippen LogP contribution in [0.25, 0.3) is 0 Å². The SMILES string of the molecule is CNC(CSC(C)(C)C)c1cc(C)cc(F)c1. The van der Waals surface area contributed by atoms with Gasteiger partial charge in [-0.15, -0.1) is 0 Å². The molecule has 1 aromatic rings. The maximum Gasteiger partial charge on any atom is 0.123 e. The number of hydrogen-bond donors (Lipinski definition) is 1. The fraction of sp³-hybridized carbons (Fsp3) is 0.571. The topological polar surface area (TPSA) is 12.0 Å². The van der Waals surface area contributed by atoms with Crippen molar-refractivity contribution >= 4 is 11.8 Å². The molecule has 1 rings (SSSR count). The normalized spacial score (nSPS) is 13.8. The highest BCUT2D eigenvalue weighted by Gasteiger charge is 2.16. The fourth-order valence-electron chi connectivity index (χ4n) is 1.65. The first-order chi connectivity index (χ1) is 7.81. The molecule has 96 valence electrons. The van der Waals surface area contributed by atoms with Gasteiger partial charge in [-0.25, -0.2) is 4.39 Å². The van der Waals surface area contributed by atoms with Gasteiger partial charge in [0.15, 0.2) is 0 Å². The molecule has 1 N–H and O–H groups in total. The Morgan fingerprint density at radius 2 is 1.94 bits per heavy atom. The highest BCUT2D eigenvalue weighted by molar-refractivity contribution is 8.00. The molecule has 0 radical (unpaired) electrons. The predicted molar refractivity (Wildman–Crippen MR) is 75.1 cm³/mol. The second kappa shape index (κ2) is 5.87. The zero-order chi connectivity index (χ0) is 13.1. The summed E-state index contributed by atoms with van der Waals surface area (Å²) in [5, 5.41) is 3.26. The second-order valence-electron chi connectivity index (χ2n) is 5.33. The highest BCUT2D eigenvalue weighted by atomic mass is 32.2. The number of thioether (sulfide) groups is 1. The Morgan fingerprint density at radius 3 is 2.41 bits per heavy atom. The van der Waals surface area contributed by atoms with Crippen LogP contribution in [-0.4, -0.2) is 17.5 Å². The summed E-state index contributed by atoms with van der Waals surface area (Å²) in [5.41, 5.74) is 2.00. The van der Waals surface area contributed by atoms with E-state index in [1.807, 2.05) is 31.8 Å². The van der Waals surface area contributed by atoms with Crippen LogP contribution < -0.4 is 5.32 Å². The minimum Gasteiger partial charge on any atom is -0.312 e. The number of rotatable bonds is 4. The Labute approximate surface area is 108 Å². The van der Waals surface area contributed by atoms with Crippen molar-refractivity contribution in [3.63, 3.8) is 0 Å². The third-order valence-electron chi connectivity index (χ3n) is 2.50. The number of benzene rings is 1. The van der Waals surface area contributed by atoms with Crippen molar-refractivity contribution in [2.45, 2.75) is 38.5 Å². The monoisotopic (exact) mass is 255 g/mol. The first kappa shape index (κ1) is 14.5.